The van der Waals surface area contributed by atoms with Crippen LogP contribution in [0, 0.1) is 0 Å². The molecule has 0 rings (SSSR count). The van der Waals surface area contributed by atoms with Crippen molar-refractivity contribution in [3.05, 3.63) is 0 Å². The summed E-state index contributed by atoms with van der Waals surface area (Å²) in [6.07, 6.45) is 10.2. The molecule has 0 spiro atoms. The van der Waals surface area contributed by atoms with Gasteiger partial charge in [-0.25, -0.2) is 4.79 Å². The van der Waals surface area contributed by atoms with Gasteiger partial charge >= 0.3 is 6.09 Å². The Morgan fingerprint density at radius 1 is 1.00 bits per heavy atom. The quantitative estimate of drug-likeness (QED) is 0.397. The van der Waals surface area contributed by atoms with Gasteiger partial charge in [0.2, 0.25) is 5.91 Å². The fourth-order valence-corrected chi connectivity index (χ4v) is 2.77. The Hall–Kier alpha value is -1.30. The van der Waals surface area contributed by atoms with Crippen LogP contribution in [0.2, 0.25) is 0 Å². The second-order valence-electron chi connectivity index (χ2n) is 6.42. The van der Waals surface area contributed by atoms with Gasteiger partial charge < -0.3 is 20.4 Å². The van der Waals surface area contributed by atoms with E-state index in [1.807, 2.05) is 0 Å². The van der Waals surface area contributed by atoms with Crippen molar-refractivity contribution in [2.75, 3.05) is 19.7 Å². The van der Waals surface area contributed by atoms with Gasteiger partial charge in [-0.3, -0.25) is 4.79 Å². The summed E-state index contributed by atoms with van der Waals surface area (Å²) < 4.78 is 0. The lowest BCUT2D eigenvalue weighted by Gasteiger charge is -2.28. The van der Waals surface area contributed by atoms with Crippen molar-refractivity contribution >= 4 is 12.0 Å². The van der Waals surface area contributed by atoms with Crippen molar-refractivity contribution in [1.29, 1.82) is 0 Å². The maximum absolute atomic E-state index is 12.3. The van der Waals surface area contributed by atoms with Crippen LogP contribution in [-0.4, -0.2) is 52.9 Å². The van der Waals surface area contributed by atoms with Crippen molar-refractivity contribution in [3.8, 4) is 0 Å². The number of carbonyl (C=O) groups is 2. The Labute approximate surface area is 146 Å². The van der Waals surface area contributed by atoms with E-state index in [4.69, 9.17) is 10.2 Å². The second kappa shape index (κ2) is 15.2. The molecule has 0 bridgehead atoms. The fraction of sp³-hybridized carbons (Fsp3) is 0.889. The Balaban J connectivity index is 3.88. The molecule has 24 heavy (non-hydrogen) atoms. The Bertz CT molecular complexity index is 337. The van der Waals surface area contributed by atoms with E-state index in [0.717, 1.165) is 19.3 Å². The van der Waals surface area contributed by atoms with E-state index in [-0.39, 0.29) is 31.6 Å². The molecule has 0 radical (unpaired) electrons. The molecule has 0 aromatic carbocycles. The first-order chi connectivity index (χ1) is 11.5. The molecule has 1 atom stereocenters. The number of amides is 2. The Morgan fingerprint density at radius 2 is 1.54 bits per heavy atom. The smallest absolute Gasteiger partial charge is 0.404 e. The standard InChI is InChI=1S/C18H36N2O4/c1-3-4-5-6-7-8-9-10-11-12-17(22)20(13-14-21)16(2)15-19-18(23)24/h16,19,21H,3-15H2,1-2H3,(H,23,24). The minimum Gasteiger partial charge on any atom is -0.465 e. The maximum Gasteiger partial charge on any atom is 0.404 e. The highest BCUT2D eigenvalue weighted by atomic mass is 16.4. The van der Waals surface area contributed by atoms with Crippen LogP contribution in [-0.2, 0) is 4.79 Å². The molecule has 6 heteroatoms. The van der Waals surface area contributed by atoms with Crippen LogP contribution in [0.25, 0.3) is 0 Å². The van der Waals surface area contributed by atoms with Crippen molar-refractivity contribution in [1.82, 2.24) is 10.2 Å². The van der Waals surface area contributed by atoms with Gasteiger partial charge in [-0.15, -0.1) is 0 Å². The van der Waals surface area contributed by atoms with E-state index < -0.39 is 6.09 Å². The summed E-state index contributed by atoms with van der Waals surface area (Å²) in [6.45, 7) is 4.33. The predicted octanol–water partition coefficient (Wildman–Crippen LogP) is 3.38. The average Bonchev–Trinajstić information content (AvgIpc) is 2.55. The lowest BCUT2D eigenvalue weighted by molar-refractivity contribution is -0.133. The van der Waals surface area contributed by atoms with E-state index in [0.29, 0.717) is 6.42 Å². The molecule has 0 fully saturated rings. The molecule has 0 aliphatic carbocycles. The van der Waals surface area contributed by atoms with Gasteiger partial charge in [0.15, 0.2) is 0 Å². The van der Waals surface area contributed by atoms with Gasteiger partial charge in [0.25, 0.3) is 0 Å². The number of hydrogen-bond donors (Lipinski definition) is 3. The van der Waals surface area contributed by atoms with Gasteiger partial charge in [0.05, 0.1) is 6.61 Å². The maximum atomic E-state index is 12.3. The van der Waals surface area contributed by atoms with Crippen molar-refractivity contribution in [2.24, 2.45) is 0 Å². The number of carboxylic acid groups (broad SMARTS) is 1. The molecule has 2 amide bonds. The fourth-order valence-electron chi connectivity index (χ4n) is 2.77. The number of unbranched alkanes of at least 4 members (excludes halogenated alkanes) is 8. The first-order valence-corrected chi connectivity index (χ1v) is 9.40. The van der Waals surface area contributed by atoms with Crippen LogP contribution in [0.15, 0.2) is 0 Å². The molecule has 0 saturated heterocycles. The van der Waals surface area contributed by atoms with E-state index in [1.165, 1.54) is 38.5 Å². The highest BCUT2D eigenvalue weighted by Gasteiger charge is 2.19. The molecule has 0 aliphatic heterocycles. The number of nitrogens with zero attached hydrogens (tertiary/aromatic N) is 1. The molecular formula is C18H36N2O4. The Kier molecular flexibility index (Phi) is 14.4. The minimum atomic E-state index is -1.10. The highest BCUT2D eigenvalue weighted by molar-refractivity contribution is 5.76. The number of aliphatic hydroxyl groups is 1. The van der Waals surface area contributed by atoms with E-state index in [1.54, 1.807) is 11.8 Å². The van der Waals surface area contributed by atoms with Crippen LogP contribution in [0.3, 0.4) is 0 Å². The van der Waals surface area contributed by atoms with Crippen LogP contribution in [0.4, 0.5) is 4.79 Å². The monoisotopic (exact) mass is 344 g/mol. The summed E-state index contributed by atoms with van der Waals surface area (Å²) in [6, 6.07) is -0.251. The Morgan fingerprint density at radius 3 is 2.04 bits per heavy atom. The highest BCUT2D eigenvalue weighted by Crippen LogP contribution is 2.12. The molecule has 0 heterocycles. The average molecular weight is 344 g/mol. The zero-order valence-electron chi connectivity index (χ0n) is 15.4. The summed E-state index contributed by atoms with van der Waals surface area (Å²) in [5.41, 5.74) is 0. The normalized spacial score (nSPS) is 12.0. The summed E-state index contributed by atoms with van der Waals surface area (Å²) in [4.78, 5) is 24.4. The number of carbonyl (C=O) groups excluding carboxylic acids is 1. The molecule has 0 aliphatic rings. The summed E-state index contributed by atoms with van der Waals surface area (Å²) >= 11 is 0. The summed E-state index contributed by atoms with van der Waals surface area (Å²) in [5.74, 6) is -0.00770. The van der Waals surface area contributed by atoms with E-state index in [9.17, 15) is 9.59 Å². The van der Waals surface area contributed by atoms with Crippen LogP contribution < -0.4 is 5.32 Å². The minimum absolute atomic E-state index is 0.00770. The zero-order valence-corrected chi connectivity index (χ0v) is 15.4. The van der Waals surface area contributed by atoms with Gasteiger partial charge in [0, 0.05) is 25.6 Å². The zero-order chi connectivity index (χ0) is 18.2. The number of nitrogens with one attached hydrogen (secondary N) is 1. The van der Waals surface area contributed by atoms with E-state index in [2.05, 4.69) is 12.2 Å². The number of aliphatic hydroxyl groups excluding tert-OH is 1. The molecule has 0 aromatic heterocycles. The first-order valence-electron chi connectivity index (χ1n) is 9.40. The SMILES string of the molecule is CCCCCCCCCCCC(=O)N(CCO)C(C)CNC(=O)O. The van der Waals surface area contributed by atoms with Crippen molar-refractivity contribution in [3.63, 3.8) is 0 Å². The largest absolute Gasteiger partial charge is 0.465 e. The summed E-state index contributed by atoms with van der Waals surface area (Å²) in [7, 11) is 0. The third kappa shape index (κ3) is 12.2. The lowest BCUT2D eigenvalue weighted by atomic mass is 10.1. The third-order valence-electron chi connectivity index (χ3n) is 4.24. The first kappa shape index (κ1) is 22.7. The van der Waals surface area contributed by atoms with E-state index >= 15 is 0 Å². The van der Waals surface area contributed by atoms with Crippen LogP contribution in [0.1, 0.15) is 78.1 Å². The number of rotatable bonds is 15. The van der Waals surface area contributed by atoms with Crippen molar-refractivity contribution < 1.29 is 19.8 Å². The van der Waals surface area contributed by atoms with Gasteiger partial charge in [-0.2, -0.15) is 0 Å². The van der Waals surface area contributed by atoms with Gasteiger partial charge in [0.1, 0.15) is 0 Å². The molecule has 0 aromatic rings. The molecule has 3 N–H and O–H groups in total. The number of hydrogen-bond acceptors (Lipinski definition) is 3. The molecule has 142 valence electrons. The third-order valence-corrected chi connectivity index (χ3v) is 4.24. The predicted molar refractivity (Wildman–Crippen MR) is 96.1 cm³/mol. The molecular weight excluding hydrogens is 308 g/mol. The van der Waals surface area contributed by atoms with Crippen LogP contribution in [0.5, 0.6) is 0 Å². The molecule has 1 unspecified atom stereocenters. The second-order valence-corrected chi connectivity index (χ2v) is 6.42. The lowest BCUT2D eigenvalue weighted by Crippen LogP contribution is -2.46. The van der Waals surface area contributed by atoms with Gasteiger partial charge in [-0.05, 0) is 13.3 Å². The van der Waals surface area contributed by atoms with Gasteiger partial charge in [-0.1, -0.05) is 58.3 Å². The molecule has 6 nitrogen and oxygen atoms in total. The topological polar surface area (TPSA) is 89.9 Å². The molecule has 0 saturated carbocycles. The summed E-state index contributed by atoms with van der Waals surface area (Å²) in [5, 5.41) is 20.0. The van der Waals surface area contributed by atoms with Crippen LogP contribution >= 0.6 is 0 Å². The van der Waals surface area contributed by atoms with Crippen molar-refractivity contribution in [2.45, 2.75) is 84.1 Å².